The second-order valence-corrected chi connectivity index (χ2v) is 6.47. The fourth-order valence-electron chi connectivity index (χ4n) is 2.28. The molecule has 2 rings (SSSR count). The van der Waals surface area contributed by atoms with Crippen molar-refractivity contribution in [1.29, 1.82) is 0 Å². The number of rotatable bonds is 5. The fourth-order valence-corrected chi connectivity index (χ4v) is 2.28. The number of ether oxygens (including phenoxy) is 2. The number of hydrogen-bond acceptors (Lipinski definition) is 5. The van der Waals surface area contributed by atoms with Crippen LogP contribution in [0.2, 0.25) is 0 Å². The molecule has 0 radical (unpaired) electrons. The average molecular weight is 332 g/mol. The van der Waals surface area contributed by atoms with Crippen LogP contribution in [0.3, 0.4) is 0 Å². The first-order chi connectivity index (χ1) is 11.3. The third-order valence-corrected chi connectivity index (χ3v) is 3.25. The van der Waals surface area contributed by atoms with Crippen LogP contribution < -0.4 is 5.32 Å². The molecule has 6 nitrogen and oxygen atoms in total. The second-order valence-electron chi connectivity index (χ2n) is 6.47. The van der Waals surface area contributed by atoms with Crippen LogP contribution >= 0.6 is 0 Å². The molecule has 0 fully saturated rings. The van der Waals surface area contributed by atoms with Gasteiger partial charge in [-0.15, -0.1) is 0 Å². The Balaban J connectivity index is 2.10. The first-order valence-corrected chi connectivity index (χ1v) is 8.00. The summed E-state index contributed by atoms with van der Waals surface area (Å²) in [6.07, 6.45) is 1.29. The first-order valence-electron chi connectivity index (χ1n) is 8.00. The molecule has 1 heterocycles. The van der Waals surface area contributed by atoms with E-state index < -0.39 is 11.7 Å². The Kier molecular flexibility index (Phi) is 5.62. The van der Waals surface area contributed by atoms with Crippen molar-refractivity contribution < 1.29 is 19.1 Å². The molecular formula is C18H24N2O4. The number of esters is 1. The van der Waals surface area contributed by atoms with Crippen molar-refractivity contribution in [2.75, 3.05) is 13.2 Å². The minimum atomic E-state index is -0.549. The summed E-state index contributed by atoms with van der Waals surface area (Å²) in [6.45, 7) is 8.31. The quantitative estimate of drug-likeness (QED) is 0.852. The van der Waals surface area contributed by atoms with Crippen molar-refractivity contribution in [1.82, 2.24) is 9.88 Å². The van der Waals surface area contributed by atoms with Gasteiger partial charge in [0.2, 0.25) is 0 Å². The highest BCUT2D eigenvalue weighted by molar-refractivity contribution is 5.90. The number of hydrogen-bond donors (Lipinski definition) is 1. The fraction of sp³-hybridized carbons (Fsp3) is 0.444. The first kappa shape index (κ1) is 18.0. The van der Waals surface area contributed by atoms with Gasteiger partial charge >= 0.3 is 12.1 Å². The van der Waals surface area contributed by atoms with Crippen LogP contribution in [0, 0.1) is 0 Å². The Hall–Kier alpha value is -2.34. The number of benzene rings is 1. The molecule has 1 N–H and O–H groups in total. The summed E-state index contributed by atoms with van der Waals surface area (Å²) in [4.78, 5) is 23.6. The summed E-state index contributed by atoms with van der Waals surface area (Å²) in [5, 5.41) is 3.98. The zero-order chi connectivity index (χ0) is 17.7. The van der Waals surface area contributed by atoms with Crippen LogP contribution in [0.15, 0.2) is 30.5 Å². The average Bonchev–Trinajstić information content (AvgIpc) is 2.89. The van der Waals surface area contributed by atoms with Gasteiger partial charge in [-0.1, -0.05) is 12.1 Å². The normalized spacial score (nSPS) is 11.5. The highest BCUT2D eigenvalue weighted by atomic mass is 16.6. The van der Waals surface area contributed by atoms with Crippen molar-refractivity contribution in [2.45, 2.75) is 39.8 Å². The third-order valence-electron chi connectivity index (χ3n) is 3.25. The maximum atomic E-state index is 12.3. The lowest BCUT2D eigenvalue weighted by atomic mass is 10.1. The van der Waals surface area contributed by atoms with Crippen LogP contribution in [-0.2, 0) is 20.8 Å². The van der Waals surface area contributed by atoms with Gasteiger partial charge in [0.05, 0.1) is 18.7 Å². The van der Waals surface area contributed by atoms with E-state index in [1.807, 2.05) is 45.0 Å². The van der Waals surface area contributed by atoms with Gasteiger partial charge in [0.25, 0.3) is 0 Å². The molecule has 24 heavy (non-hydrogen) atoms. The molecule has 0 bridgehead atoms. The van der Waals surface area contributed by atoms with Crippen molar-refractivity contribution in [3.05, 3.63) is 36.0 Å². The summed E-state index contributed by atoms with van der Waals surface area (Å²) in [7, 11) is 0. The molecule has 130 valence electrons. The number of nitrogens with one attached hydrogen (secondary N) is 1. The third kappa shape index (κ3) is 4.83. The van der Waals surface area contributed by atoms with Gasteiger partial charge in [-0.3, -0.25) is 9.36 Å². The van der Waals surface area contributed by atoms with Crippen LogP contribution in [0.5, 0.6) is 0 Å². The van der Waals surface area contributed by atoms with Gasteiger partial charge in [-0.05, 0) is 45.4 Å². The number of carbonyl (C=O) groups is 2. The Bertz CT molecular complexity index is 728. The van der Waals surface area contributed by atoms with Gasteiger partial charge < -0.3 is 14.8 Å². The molecule has 6 heteroatoms. The number of aromatic nitrogens is 1. The summed E-state index contributed by atoms with van der Waals surface area (Å²) in [5.41, 5.74) is 1.20. The van der Waals surface area contributed by atoms with Gasteiger partial charge in [0.1, 0.15) is 5.60 Å². The minimum Gasteiger partial charge on any atom is -0.465 e. The van der Waals surface area contributed by atoms with E-state index in [1.54, 1.807) is 13.1 Å². The van der Waals surface area contributed by atoms with Crippen molar-refractivity contribution >= 4 is 23.0 Å². The molecule has 0 aliphatic heterocycles. The van der Waals surface area contributed by atoms with E-state index in [1.165, 1.54) is 4.57 Å². The smallest absolute Gasteiger partial charge is 0.418 e. The van der Waals surface area contributed by atoms with Crippen LogP contribution in [0.25, 0.3) is 10.9 Å². The van der Waals surface area contributed by atoms with Gasteiger partial charge in [0, 0.05) is 18.1 Å². The number of fused-ring (bicyclic) bond motifs is 1. The maximum absolute atomic E-state index is 12.3. The summed E-state index contributed by atoms with van der Waals surface area (Å²) >= 11 is 0. The van der Waals surface area contributed by atoms with Gasteiger partial charge in [0.15, 0.2) is 0 Å². The van der Waals surface area contributed by atoms with E-state index in [9.17, 15) is 9.59 Å². The Morgan fingerprint density at radius 3 is 2.62 bits per heavy atom. The summed E-state index contributed by atoms with van der Waals surface area (Å²) < 4.78 is 11.8. The lowest BCUT2D eigenvalue weighted by Gasteiger charge is -2.19. The maximum Gasteiger partial charge on any atom is 0.418 e. The topological polar surface area (TPSA) is 69.6 Å². The predicted molar refractivity (Wildman–Crippen MR) is 91.9 cm³/mol. The Labute approximate surface area is 141 Å². The highest BCUT2D eigenvalue weighted by Crippen LogP contribution is 2.19. The molecule has 2 aromatic rings. The molecule has 0 unspecified atom stereocenters. The monoisotopic (exact) mass is 332 g/mol. The lowest BCUT2D eigenvalue weighted by molar-refractivity contribution is -0.142. The number of carbonyl (C=O) groups excluding carboxylic acids is 2. The standard InChI is InChI=1S/C18H24N2O4/c1-5-23-16(21)12-19-11-13-6-7-14-8-9-20(15(14)10-13)17(22)24-18(2,3)4/h6-10,19H,5,11-12H2,1-4H3. The van der Waals surface area contributed by atoms with Gasteiger partial charge in [-0.25, -0.2) is 4.79 Å². The molecule has 0 saturated carbocycles. The van der Waals surface area contributed by atoms with Crippen LogP contribution in [0.4, 0.5) is 4.79 Å². The molecule has 0 atom stereocenters. The molecule has 0 spiro atoms. The molecule has 1 aromatic heterocycles. The van der Waals surface area contributed by atoms with E-state index in [0.29, 0.717) is 13.2 Å². The van der Waals surface area contributed by atoms with E-state index in [4.69, 9.17) is 9.47 Å². The summed E-state index contributed by atoms with van der Waals surface area (Å²) in [6, 6.07) is 7.68. The van der Waals surface area contributed by atoms with Crippen LogP contribution in [-0.4, -0.2) is 35.4 Å². The van der Waals surface area contributed by atoms with Crippen molar-refractivity contribution in [2.24, 2.45) is 0 Å². The zero-order valence-electron chi connectivity index (χ0n) is 14.6. The second kappa shape index (κ2) is 7.49. The molecule has 0 saturated heterocycles. The molecular weight excluding hydrogens is 308 g/mol. The van der Waals surface area contributed by atoms with Crippen LogP contribution in [0.1, 0.15) is 33.3 Å². The van der Waals surface area contributed by atoms with E-state index in [2.05, 4.69) is 5.32 Å². The SMILES string of the molecule is CCOC(=O)CNCc1ccc2ccn(C(=O)OC(C)(C)C)c2c1. The number of nitrogens with zero attached hydrogens (tertiary/aromatic N) is 1. The largest absolute Gasteiger partial charge is 0.465 e. The highest BCUT2D eigenvalue weighted by Gasteiger charge is 2.19. The van der Waals surface area contributed by atoms with E-state index in [0.717, 1.165) is 16.5 Å². The Morgan fingerprint density at radius 1 is 1.21 bits per heavy atom. The molecule has 0 aliphatic rings. The van der Waals surface area contributed by atoms with E-state index >= 15 is 0 Å². The van der Waals surface area contributed by atoms with Gasteiger partial charge in [-0.2, -0.15) is 0 Å². The summed E-state index contributed by atoms with van der Waals surface area (Å²) in [5.74, 6) is -0.282. The minimum absolute atomic E-state index is 0.152. The molecule has 0 aliphatic carbocycles. The van der Waals surface area contributed by atoms with Crippen molar-refractivity contribution in [3.63, 3.8) is 0 Å². The predicted octanol–water partition coefficient (Wildman–Crippen LogP) is 3.08. The molecule has 1 aromatic carbocycles. The zero-order valence-corrected chi connectivity index (χ0v) is 14.6. The lowest BCUT2D eigenvalue weighted by Crippen LogP contribution is -2.26. The Morgan fingerprint density at radius 2 is 1.96 bits per heavy atom. The van der Waals surface area contributed by atoms with Crippen molar-refractivity contribution in [3.8, 4) is 0 Å². The molecule has 0 amide bonds. The van der Waals surface area contributed by atoms with E-state index in [-0.39, 0.29) is 12.5 Å².